The van der Waals surface area contributed by atoms with Gasteiger partial charge in [-0.2, -0.15) is 31.4 Å². The van der Waals surface area contributed by atoms with E-state index in [1.807, 2.05) is 0 Å². The third-order valence-corrected chi connectivity index (χ3v) is 6.33. The first-order chi connectivity index (χ1) is 17.2. The van der Waals surface area contributed by atoms with Crippen LogP contribution < -0.4 is 5.73 Å². The zero-order chi connectivity index (χ0) is 26.9. The molecule has 3 aromatic heterocycles. The second-order valence-electron chi connectivity index (χ2n) is 8.71. The van der Waals surface area contributed by atoms with Crippen molar-refractivity contribution in [3.05, 3.63) is 58.8 Å². The van der Waals surface area contributed by atoms with Crippen molar-refractivity contribution < 1.29 is 35.5 Å². The van der Waals surface area contributed by atoms with E-state index in [-0.39, 0.29) is 40.8 Å². The summed E-state index contributed by atoms with van der Waals surface area (Å²) in [5.74, 6) is -2.34. The van der Waals surface area contributed by atoms with Crippen LogP contribution in [0.5, 0.6) is 0 Å². The van der Waals surface area contributed by atoms with Gasteiger partial charge in [-0.15, -0.1) is 0 Å². The van der Waals surface area contributed by atoms with Gasteiger partial charge in [-0.25, -0.2) is 14.4 Å². The van der Waals surface area contributed by atoms with E-state index in [4.69, 9.17) is 5.73 Å². The monoisotopic (exact) mass is 526 g/mol. The molecule has 14 heteroatoms. The predicted molar refractivity (Wildman–Crippen MR) is 118 cm³/mol. The van der Waals surface area contributed by atoms with Crippen LogP contribution >= 0.6 is 0 Å². The molecule has 7 nitrogen and oxygen atoms in total. The molecular weight excluding hydrogens is 509 g/mol. The molecule has 1 aliphatic carbocycles. The lowest BCUT2D eigenvalue weighted by molar-refractivity contribution is -0.145. The molecule has 5 rings (SSSR count). The topological polar surface area (TPSA) is 89.9 Å². The maximum Gasteiger partial charge on any atom is 0.433 e. The number of anilines is 1. The van der Waals surface area contributed by atoms with E-state index in [2.05, 4.69) is 15.1 Å². The zero-order valence-corrected chi connectivity index (χ0v) is 19.0. The van der Waals surface area contributed by atoms with Crippen LogP contribution in [0.2, 0.25) is 0 Å². The number of halogens is 7. The number of hydrogen-bond donors (Lipinski definition) is 1. The quantitative estimate of drug-likeness (QED) is 0.382. The lowest BCUT2D eigenvalue weighted by Gasteiger charge is -2.31. The molecule has 37 heavy (non-hydrogen) atoms. The second kappa shape index (κ2) is 8.28. The number of benzene rings is 1. The molecule has 1 aromatic carbocycles. The molecule has 4 aromatic rings. The Morgan fingerprint density at radius 1 is 1.14 bits per heavy atom. The van der Waals surface area contributed by atoms with Gasteiger partial charge in [-0.3, -0.25) is 9.48 Å². The highest BCUT2D eigenvalue weighted by molar-refractivity contribution is 6.10. The van der Waals surface area contributed by atoms with E-state index in [9.17, 15) is 31.1 Å². The Bertz CT molecular complexity index is 1560. The minimum absolute atomic E-state index is 0.0512. The average Bonchev–Trinajstić information content (AvgIpc) is 3.39. The van der Waals surface area contributed by atoms with Crippen LogP contribution in [0.1, 0.15) is 39.8 Å². The van der Waals surface area contributed by atoms with Crippen molar-refractivity contribution in [3.8, 4) is 0 Å². The van der Waals surface area contributed by atoms with Crippen molar-refractivity contribution >= 4 is 33.5 Å². The molecule has 1 unspecified atom stereocenters. The summed E-state index contributed by atoms with van der Waals surface area (Å²) in [5.41, 5.74) is 4.52. The normalized spacial score (nSPS) is 15.9. The fraction of sp³-hybridized carbons (Fsp3) is 0.304. The zero-order valence-electron chi connectivity index (χ0n) is 19.0. The SMILES string of the molecule is Cn1ncc2c(N)nc3cc(F)c(C(=O)N(CC(F)(F)F)C4CCc5nc(C(F)(F)F)ccc54)cc3c21. The van der Waals surface area contributed by atoms with Gasteiger partial charge in [0.1, 0.15) is 23.9 Å². The van der Waals surface area contributed by atoms with Crippen LogP contribution in [0.3, 0.4) is 0 Å². The van der Waals surface area contributed by atoms with Crippen LogP contribution in [0.25, 0.3) is 21.8 Å². The number of rotatable bonds is 3. The van der Waals surface area contributed by atoms with Crippen molar-refractivity contribution in [2.45, 2.75) is 31.2 Å². The van der Waals surface area contributed by atoms with Gasteiger partial charge in [-0.05, 0) is 30.5 Å². The van der Waals surface area contributed by atoms with Gasteiger partial charge in [0, 0.05) is 24.2 Å². The molecule has 0 saturated heterocycles. The van der Waals surface area contributed by atoms with Crippen molar-refractivity contribution in [2.75, 3.05) is 12.3 Å². The van der Waals surface area contributed by atoms with Crippen LogP contribution in [0.4, 0.5) is 36.6 Å². The number of hydrogen-bond acceptors (Lipinski definition) is 5. The fourth-order valence-corrected chi connectivity index (χ4v) is 4.74. The second-order valence-corrected chi connectivity index (χ2v) is 8.71. The molecular formula is C23H17F7N6O. The summed E-state index contributed by atoms with van der Waals surface area (Å²) in [5, 5.41) is 4.72. The molecule has 0 spiro atoms. The average molecular weight is 526 g/mol. The van der Waals surface area contributed by atoms with Crippen LogP contribution in [0.15, 0.2) is 30.5 Å². The van der Waals surface area contributed by atoms with Gasteiger partial charge in [0.05, 0.1) is 34.2 Å². The van der Waals surface area contributed by atoms with Crippen molar-refractivity contribution in [1.82, 2.24) is 24.6 Å². The van der Waals surface area contributed by atoms with Crippen LogP contribution in [-0.4, -0.2) is 43.3 Å². The summed E-state index contributed by atoms with van der Waals surface area (Å²) in [4.78, 5) is 21.5. The summed E-state index contributed by atoms with van der Waals surface area (Å²) in [6, 6.07) is 2.40. The van der Waals surface area contributed by atoms with E-state index >= 15 is 4.39 Å². The number of aryl methyl sites for hydroxylation is 2. The lowest BCUT2D eigenvalue weighted by atomic mass is 10.0. The summed E-state index contributed by atoms with van der Waals surface area (Å²) >= 11 is 0. The van der Waals surface area contributed by atoms with Gasteiger partial charge >= 0.3 is 12.4 Å². The third kappa shape index (κ3) is 4.29. The predicted octanol–water partition coefficient (Wildman–Crippen LogP) is 4.95. The third-order valence-electron chi connectivity index (χ3n) is 6.33. The Morgan fingerprint density at radius 2 is 1.86 bits per heavy atom. The van der Waals surface area contributed by atoms with E-state index in [0.29, 0.717) is 21.9 Å². The number of pyridine rings is 2. The van der Waals surface area contributed by atoms with E-state index < -0.39 is 47.9 Å². The van der Waals surface area contributed by atoms with E-state index in [1.54, 1.807) is 7.05 Å². The van der Waals surface area contributed by atoms with Crippen molar-refractivity contribution in [1.29, 1.82) is 0 Å². The van der Waals surface area contributed by atoms with E-state index in [1.165, 1.54) is 10.9 Å². The standard InChI is InChI=1S/C23H17F7N6O/c1-35-19-12-6-11(14(24)7-16(12)34-20(31)13(19)8-32-35)21(37)36(9-22(25,26)27)17-4-3-15-10(17)2-5-18(33-15)23(28,29)30/h2,5-8,17H,3-4,9H2,1H3,(H2,31,34). The highest BCUT2D eigenvalue weighted by Crippen LogP contribution is 2.40. The summed E-state index contributed by atoms with van der Waals surface area (Å²) in [6.45, 7) is -1.74. The number of aromatic nitrogens is 4. The Hall–Kier alpha value is -3.97. The molecule has 1 aliphatic rings. The largest absolute Gasteiger partial charge is 0.433 e. The number of nitrogens with two attached hydrogens (primary N) is 1. The summed E-state index contributed by atoms with van der Waals surface area (Å²) < 4.78 is 96.4. The highest BCUT2D eigenvalue weighted by Gasteiger charge is 2.42. The molecule has 0 radical (unpaired) electrons. The van der Waals surface area contributed by atoms with E-state index in [0.717, 1.165) is 18.2 Å². The first kappa shape index (κ1) is 24.7. The molecule has 1 amide bonds. The molecule has 1 atom stereocenters. The van der Waals surface area contributed by atoms with Gasteiger partial charge in [-0.1, -0.05) is 6.07 Å². The molecule has 194 valence electrons. The molecule has 0 bridgehead atoms. The van der Waals surface area contributed by atoms with Crippen LogP contribution in [0, 0.1) is 5.82 Å². The Morgan fingerprint density at radius 3 is 2.54 bits per heavy atom. The molecule has 2 N–H and O–H groups in total. The summed E-state index contributed by atoms with van der Waals surface area (Å²) in [6.07, 6.45) is -8.38. The highest BCUT2D eigenvalue weighted by atomic mass is 19.4. The minimum atomic E-state index is -4.86. The van der Waals surface area contributed by atoms with Crippen LogP contribution in [-0.2, 0) is 19.6 Å². The van der Waals surface area contributed by atoms with Gasteiger partial charge < -0.3 is 10.6 Å². The number of nitrogens with zero attached hydrogens (tertiary/aromatic N) is 5. The maximum absolute atomic E-state index is 15.1. The number of fused-ring (bicyclic) bond motifs is 4. The summed E-state index contributed by atoms with van der Waals surface area (Å²) in [7, 11) is 1.57. The van der Waals surface area contributed by atoms with Crippen molar-refractivity contribution in [2.24, 2.45) is 7.05 Å². The van der Waals surface area contributed by atoms with Crippen molar-refractivity contribution in [3.63, 3.8) is 0 Å². The van der Waals surface area contributed by atoms with Gasteiger partial charge in [0.2, 0.25) is 0 Å². The Kier molecular flexibility index (Phi) is 5.53. The Balaban J connectivity index is 1.62. The smallest absolute Gasteiger partial charge is 0.383 e. The molecule has 0 saturated carbocycles. The minimum Gasteiger partial charge on any atom is -0.383 e. The number of amides is 1. The first-order valence-electron chi connectivity index (χ1n) is 10.9. The maximum atomic E-state index is 15.1. The first-order valence-corrected chi connectivity index (χ1v) is 10.9. The Labute approximate surface area is 203 Å². The van der Waals surface area contributed by atoms with Gasteiger partial charge in [0.15, 0.2) is 0 Å². The lowest BCUT2D eigenvalue weighted by Crippen LogP contribution is -2.41. The number of alkyl halides is 6. The molecule has 0 fully saturated rings. The fourth-order valence-electron chi connectivity index (χ4n) is 4.74. The number of carbonyl (C=O) groups excluding carboxylic acids is 1. The number of nitrogen functional groups attached to an aromatic ring is 1. The van der Waals surface area contributed by atoms with Gasteiger partial charge in [0.25, 0.3) is 5.91 Å². The molecule has 0 aliphatic heterocycles. The number of carbonyl (C=O) groups is 1. The molecule has 3 heterocycles.